The average Bonchev–Trinajstić information content (AvgIpc) is 2.74. The summed E-state index contributed by atoms with van der Waals surface area (Å²) in [7, 11) is 1.56. The quantitative estimate of drug-likeness (QED) is 0.833. The summed E-state index contributed by atoms with van der Waals surface area (Å²) in [6.45, 7) is 2.72. The van der Waals surface area contributed by atoms with Crippen molar-refractivity contribution in [3.8, 4) is 0 Å². The van der Waals surface area contributed by atoms with Crippen molar-refractivity contribution in [3.05, 3.63) is 65.0 Å². The lowest BCUT2D eigenvalue weighted by Crippen LogP contribution is -2.41. The number of hydrogen-bond donors (Lipinski definition) is 2. The number of carbonyl (C=O) groups excluding carboxylic acids is 3. The Labute approximate surface area is 169 Å². The van der Waals surface area contributed by atoms with Gasteiger partial charge in [0.1, 0.15) is 5.82 Å². The molecule has 2 aromatic carbocycles. The van der Waals surface area contributed by atoms with E-state index in [1.54, 1.807) is 37.1 Å². The molecule has 7 heteroatoms. The molecule has 0 unspecified atom stereocenters. The molecule has 29 heavy (non-hydrogen) atoms. The van der Waals surface area contributed by atoms with E-state index in [9.17, 15) is 18.8 Å². The fraction of sp³-hybridized carbons (Fsp3) is 0.318. The number of anilines is 1. The lowest BCUT2D eigenvalue weighted by molar-refractivity contribution is -0.121. The monoisotopic (exact) mass is 397 g/mol. The van der Waals surface area contributed by atoms with Crippen LogP contribution >= 0.6 is 0 Å². The Morgan fingerprint density at radius 3 is 2.31 bits per heavy atom. The highest BCUT2D eigenvalue weighted by Gasteiger charge is 2.28. The molecule has 1 saturated heterocycles. The molecule has 0 radical (unpaired) electrons. The van der Waals surface area contributed by atoms with Crippen molar-refractivity contribution >= 4 is 23.4 Å². The normalized spacial score (nSPS) is 14.4. The first kappa shape index (κ1) is 20.5. The summed E-state index contributed by atoms with van der Waals surface area (Å²) in [5.41, 5.74) is 2.28. The zero-order chi connectivity index (χ0) is 21.0. The predicted molar refractivity (Wildman–Crippen MR) is 108 cm³/mol. The Morgan fingerprint density at radius 2 is 1.69 bits per heavy atom. The summed E-state index contributed by atoms with van der Waals surface area (Å²) in [6, 6.07) is 10.7. The third kappa shape index (κ3) is 4.62. The maximum Gasteiger partial charge on any atom is 0.253 e. The molecular weight excluding hydrogens is 373 g/mol. The molecular formula is C22H24FN3O3. The molecule has 152 valence electrons. The summed E-state index contributed by atoms with van der Waals surface area (Å²) >= 11 is 0. The fourth-order valence-electron chi connectivity index (χ4n) is 3.51. The van der Waals surface area contributed by atoms with Gasteiger partial charge < -0.3 is 15.5 Å². The van der Waals surface area contributed by atoms with Crippen molar-refractivity contribution in [2.75, 3.05) is 25.5 Å². The molecule has 0 spiro atoms. The number of likely N-dealkylation sites (tertiary alicyclic amines) is 1. The zero-order valence-corrected chi connectivity index (χ0v) is 16.5. The Bertz CT molecular complexity index is 919. The first-order valence-corrected chi connectivity index (χ1v) is 9.58. The van der Waals surface area contributed by atoms with Gasteiger partial charge in [0, 0.05) is 42.9 Å². The van der Waals surface area contributed by atoms with Crippen molar-refractivity contribution in [2.45, 2.75) is 19.8 Å². The van der Waals surface area contributed by atoms with Crippen LogP contribution in [0.4, 0.5) is 10.1 Å². The number of benzene rings is 2. The van der Waals surface area contributed by atoms with Crippen LogP contribution in [0.25, 0.3) is 0 Å². The standard InChI is InChI=1S/C22H24FN3O3/c1-14-18(21(28)24-2)4-3-5-19(14)25-20(27)15-10-12-26(13-11-15)22(29)16-6-8-17(23)9-7-16/h3-9,15H,10-13H2,1-2H3,(H,24,28)(H,25,27). The lowest BCUT2D eigenvalue weighted by Gasteiger charge is -2.31. The van der Waals surface area contributed by atoms with Crippen molar-refractivity contribution in [1.29, 1.82) is 0 Å². The van der Waals surface area contributed by atoms with E-state index in [0.717, 1.165) is 0 Å². The Kier molecular flexibility index (Phi) is 6.26. The van der Waals surface area contributed by atoms with E-state index in [4.69, 9.17) is 0 Å². The van der Waals surface area contributed by atoms with Gasteiger partial charge in [-0.15, -0.1) is 0 Å². The van der Waals surface area contributed by atoms with Gasteiger partial charge in [0.05, 0.1) is 0 Å². The number of piperidine rings is 1. The van der Waals surface area contributed by atoms with Crippen LogP contribution in [0.3, 0.4) is 0 Å². The van der Waals surface area contributed by atoms with Gasteiger partial charge in [-0.05, 0) is 61.7 Å². The molecule has 0 atom stereocenters. The van der Waals surface area contributed by atoms with Gasteiger partial charge in [-0.25, -0.2) is 4.39 Å². The number of amides is 3. The molecule has 1 heterocycles. The van der Waals surface area contributed by atoms with Gasteiger partial charge in [-0.3, -0.25) is 14.4 Å². The highest BCUT2D eigenvalue weighted by molar-refractivity contribution is 6.00. The molecule has 1 fully saturated rings. The van der Waals surface area contributed by atoms with Crippen molar-refractivity contribution in [1.82, 2.24) is 10.2 Å². The molecule has 0 aromatic heterocycles. The first-order chi connectivity index (χ1) is 13.9. The molecule has 2 aromatic rings. The Hall–Kier alpha value is -3.22. The van der Waals surface area contributed by atoms with Gasteiger partial charge in [-0.2, -0.15) is 0 Å². The average molecular weight is 397 g/mol. The van der Waals surface area contributed by atoms with Crippen molar-refractivity contribution in [3.63, 3.8) is 0 Å². The van der Waals surface area contributed by atoms with E-state index in [1.807, 2.05) is 0 Å². The van der Waals surface area contributed by atoms with Gasteiger partial charge in [-0.1, -0.05) is 6.07 Å². The first-order valence-electron chi connectivity index (χ1n) is 9.58. The van der Waals surface area contributed by atoms with E-state index >= 15 is 0 Å². The number of hydrogen-bond acceptors (Lipinski definition) is 3. The van der Waals surface area contributed by atoms with Gasteiger partial charge >= 0.3 is 0 Å². The van der Waals surface area contributed by atoms with Crippen LogP contribution in [0.1, 0.15) is 39.1 Å². The highest BCUT2D eigenvalue weighted by Crippen LogP contribution is 2.24. The second-order valence-electron chi connectivity index (χ2n) is 7.12. The summed E-state index contributed by atoms with van der Waals surface area (Å²) in [5.74, 6) is -1.07. The molecule has 1 aliphatic heterocycles. The smallest absolute Gasteiger partial charge is 0.253 e. The molecule has 3 amide bonds. The minimum atomic E-state index is -0.382. The van der Waals surface area contributed by atoms with Crippen LogP contribution in [-0.2, 0) is 4.79 Å². The molecule has 0 bridgehead atoms. The summed E-state index contributed by atoms with van der Waals surface area (Å²) in [6.07, 6.45) is 1.10. The second-order valence-corrected chi connectivity index (χ2v) is 7.12. The summed E-state index contributed by atoms with van der Waals surface area (Å²) < 4.78 is 13.0. The maximum absolute atomic E-state index is 13.0. The minimum absolute atomic E-state index is 0.115. The number of carbonyl (C=O) groups is 3. The molecule has 6 nitrogen and oxygen atoms in total. The van der Waals surface area contributed by atoms with E-state index in [2.05, 4.69) is 10.6 Å². The van der Waals surface area contributed by atoms with Gasteiger partial charge in [0.2, 0.25) is 5.91 Å². The molecule has 3 rings (SSSR count). The SMILES string of the molecule is CNC(=O)c1cccc(NC(=O)C2CCN(C(=O)c3ccc(F)cc3)CC2)c1C. The van der Waals surface area contributed by atoms with E-state index in [-0.39, 0.29) is 29.5 Å². The lowest BCUT2D eigenvalue weighted by atomic mass is 9.95. The van der Waals surface area contributed by atoms with Crippen LogP contribution in [0, 0.1) is 18.7 Å². The van der Waals surface area contributed by atoms with Crippen LogP contribution in [0.5, 0.6) is 0 Å². The second kappa shape index (κ2) is 8.86. The van der Waals surface area contributed by atoms with Crippen molar-refractivity contribution in [2.24, 2.45) is 5.92 Å². The minimum Gasteiger partial charge on any atom is -0.355 e. The summed E-state index contributed by atoms with van der Waals surface area (Å²) in [4.78, 5) is 38.8. The van der Waals surface area contributed by atoms with E-state index in [1.165, 1.54) is 24.3 Å². The van der Waals surface area contributed by atoms with Crippen molar-refractivity contribution < 1.29 is 18.8 Å². The molecule has 0 saturated carbocycles. The largest absolute Gasteiger partial charge is 0.355 e. The van der Waals surface area contributed by atoms with Crippen LogP contribution in [0.15, 0.2) is 42.5 Å². The Morgan fingerprint density at radius 1 is 1.03 bits per heavy atom. The number of nitrogens with zero attached hydrogens (tertiary/aromatic N) is 1. The van der Waals surface area contributed by atoms with Crippen LogP contribution in [0.2, 0.25) is 0 Å². The zero-order valence-electron chi connectivity index (χ0n) is 16.5. The molecule has 0 aliphatic carbocycles. The third-order valence-corrected chi connectivity index (χ3v) is 5.31. The van der Waals surface area contributed by atoms with Gasteiger partial charge in [0.15, 0.2) is 0 Å². The number of halogens is 1. The van der Waals surface area contributed by atoms with Gasteiger partial charge in [0.25, 0.3) is 11.8 Å². The Balaban J connectivity index is 1.60. The third-order valence-electron chi connectivity index (χ3n) is 5.31. The molecule has 2 N–H and O–H groups in total. The van der Waals surface area contributed by atoms with E-state index < -0.39 is 0 Å². The topological polar surface area (TPSA) is 78.5 Å². The highest BCUT2D eigenvalue weighted by atomic mass is 19.1. The predicted octanol–water partition coefficient (Wildman–Crippen LogP) is 2.98. The molecule has 1 aliphatic rings. The number of rotatable bonds is 4. The van der Waals surface area contributed by atoms with E-state index in [0.29, 0.717) is 48.3 Å². The van der Waals surface area contributed by atoms with Crippen LogP contribution in [-0.4, -0.2) is 42.8 Å². The fourth-order valence-corrected chi connectivity index (χ4v) is 3.51. The summed E-state index contributed by atoms with van der Waals surface area (Å²) in [5, 5.41) is 5.51. The van der Waals surface area contributed by atoms with Crippen LogP contribution < -0.4 is 10.6 Å². The maximum atomic E-state index is 13.0. The number of nitrogens with one attached hydrogen (secondary N) is 2.